The molecule has 2 rings (SSSR count). The summed E-state index contributed by atoms with van der Waals surface area (Å²) in [5.74, 6) is 1.45. The highest BCUT2D eigenvalue weighted by Crippen LogP contribution is 2.24. The smallest absolute Gasteiger partial charge is 0.226 e. The van der Waals surface area contributed by atoms with Gasteiger partial charge in [0.1, 0.15) is 5.76 Å². The van der Waals surface area contributed by atoms with Crippen molar-refractivity contribution in [2.45, 2.75) is 13.5 Å². The Kier molecular flexibility index (Phi) is 3.27. The third kappa shape index (κ3) is 2.26. The van der Waals surface area contributed by atoms with E-state index >= 15 is 0 Å². The molecular formula is C12H13ClN2O. The lowest BCUT2D eigenvalue weighted by Gasteiger charge is -1.95. The highest BCUT2D eigenvalue weighted by Gasteiger charge is 2.10. The molecule has 84 valence electrons. The van der Waals surface area contributed by atoms with Crippen LogP contribution in [0.25, 0.3) is 11.5 Å². The van der Waals surface area contributed by atoms with E-state index in [-0.39, 0.29) is 0 Å². The second-order valence-corrected chi connectivity index (χ2v) is 4.00. The quantitative estimate of drug-likeness (QED) is 0.890. The minimum atomic E-state index is 0.616. The molecule has 0 unspecified atom stereocenters. The van der Waals surface area contributed by atoms with Crippen molar-refractivity contribution in [3.8, 4) is 11.5 Å². The highest BCUT2D eigenvalue weighted by molar-refractivity contribution is 6.30. The molecule has 1 aromatic heterocycles. The third-order valence-corrected chi connectivity index (χ3v) is 2.54. The maximum Gasteiger partial charge on any atom is 0.226 e. The summed E-state index contributed by atoms with van der Waals surface area (Å²) >= 11 is 5.92. The van der Waals surface area contributed by atoms with Crippen molar-refractivity contribution in [1.29, 1.82) is 0 Å². The van der Waals surface area contributed by atoms with Crippen LogP contribution in [0.4, 0.5) is 0 Å². The van der Waals surface area contributed by atoms with Gasteiger partial charge in [0.25, 0.3) is 0 Å². The summed E-state index contributed by atoms with van der Waals surface area (Å²) in [5, 5.41) is 3.74. The second kappa shape index (κ2) is 4.68. The standard InChI is InChI=1S/C12H13ClN2O/c1-8-11(7-14-2)15-12(16-8)9-4-3-5-10(13)6-9/h3-6,14H,7H2,1-2H3. The molecule has 0 saturated carbocycles. The summed E-state index contributed by atoms with van der Waals surface area (Å²) in [6.45, 7) is 2.61. The second-order valence-electron chi connectivity index (χ2n) is 3.56. The molecule has 4 heteroatoms. The minimum absolute atomic E-state index is 0.616. The Bertz CT molecular complexity index is 494. The van der Waals surface area contributed by atoms with E-state index in [2.05, 4.69) is 10.3 Å². The van der Waals surface area contributed by atoms with Crippen LogP contribution in [0.5, 0.6) is 0 Å². The zero-order valence-electron chi connectivity index (χ0n) is 9.25. The summed E-state index contributed by atoms with van der Waals surface area (Å²) < 4.78 is 5.60. The number of nitrogens with one attached hydrogen (secondary N) is 1. The predicted molar refractivity (Wildman–Crippen MR) is 64.4 cm³/mol. The monoisotopic (exact) mass is 236 g/mol. The Hall–Kier alpha value is -1.32. The lowest BCUT2D eigenvalue weighted by atomic mass is 10.2. The molecule has 16 heavy (non-hydrogen) atoms. The van der Waals surface area contributed by atoms with Gasteiger partial charge in [0.2, 0.25) is 5.89 Å². The number of aryl methyl sites for hydroxylation is 1. The topological polar surface area (TPSA) is 38.1 Å². The normalized spacial score (nSPS) is 10.7. The molecule has 0 aliphatic heterocycles. The fraction of sp³-hybridized carbons (Fsp3) is 0.250. The molecule has 1 aromatic carbocycles. The van der Waals surface area contributed by atoms with E-state index in [1.54, 1.807) is 0 Å². The van der Waals surface area contributed by atoms with Crippen LogP contribution in [-0.2, 0) is 6.54 Å². The van der Waals surface area contributed by atoms with E-state index < -0.39 is 0 Å². The number of hydrogen-bond donors (Lipinski definition) is 1. The van der Waals surface area contributed by atoms with Crippen LogP contribution in [0.15, 0.2) is 28.7 Å². The van der Waals surface area contributed by atoms with Crippen molar-refractivity contribution in [2.24, 2.45) is 0 Å². The number of benzene rings is 1. The summed E-state index contributed by atoms with van der Waals surface area (Å²) in [5.41, 5.74) is 1.83. The molecule has 1 heterocycles. The first-order chi connectivity index (χ1) is 7.70. The molecule has 0 bridgehead atoms. The van der Waals surface area contributed by atoms with Crippen LogP contribution in [0.3, 0.4) is 0 Å². The highest BCUT2D eigenvalue weighted by atomic mass is 35.5. The first-order valence-corrected chi connectivity index (χ1v) is 5.45. The molecule has 2 aromatic rings. The Morgan fingerprint density at radius 1 is 1.44 bits per heavy atom. The molecule has 0 radical (unpaired) electrons. The van der Waals surface area contributed by atoms with Crippen LogP contribution in [0.1, 0.15) is 11.5 Å². The van der Waals surface area contributed by atoms with Gasteiger partial charge in [0, 0.05) is 17.1 Å². The van der Waals surface area contributed by atoms with Crippen LogP contribution < -0.4 is 5.32 Å². The van der Waals surface area contributed by atoms with Crippen LogP contribution in [0.2, 0.25) is 5.02 Å². The lowest BCUT2D eigenvalue weighted by molar-refractivity contribution is 0.538. The molecule has 1 N–H and O–H groups in total. The van der Waals surface area contributed by atoms with Crippen LogP contribution in [0, 0.1) is 6.92 Å². The van der Waals surface area contributed by atoms with E-state index in [1.165, 1.54) is 0 Å². The number of halogens is 1. The SMILES string of the molecule is CNCc1nc(-c2cccc(Cl)c2)oc1C. The third-order valence-electron chi connectivity index (χ3n) is 2.31. The van der Waals surface area contributed by atoms with E-state index in [1.807, 2.05) is 38.2 Å². The molecule has 3 nitrogen and oxygen atoms in total. The zero-order chi connectivity index (χ0) is 11.5. The molecule has 0 atom stereocenters. The van der Waals surface area contributed by atoms with Gasteiger partial charge in [-0.3, -0.25) is 0 Å². The number of aromatic nitrogens is 1. The summed E-state index contributed by atoms with van der Waals surface area (Å²) in [6.07, 6.45) is 0. The van der Waals surface area contributed by atoms with Crippen molar-refractivity contribution in [3.63, 3.8) is 0 Å². The average molecular weight is 237 g/mol. The van der Waals surface area contributed by atoms with Crippen molar-refractivity contribution < 1.29 is 4.42 Å². The number of oxazole rings is 1. The van der Waals surface area contributed by atoms with Gasteiger partial charge in [-0.1, -0.05) is 17.7 Å². The Morgan fingerprint density at radius 3 is 2.94 bits per heavy atom. The summed E-state index contributed by atoms with van der Waals surface area (Å²) in [7, 11) is 1.88. The molecule has 0 amide bonds. The molecular weight excluding hydrogens is 224 g/mol. The van der Waals surface area contributed by atoms with Crippen molar-refractivity contribution in [2.75, 3.05) is 7.05 Å². The van der Waals surface area contributed by atoms with Crippen LogP contribution in [-0.4, -0.2) is 12.0 Å². The Labute approximate surface area is 99.5 Å². The number of hydrogen-bond acceptors (Lipinski definition) is 3. The number of nitrogens with zero attached hydrogens (tertiary/aromatic N) is 1. The van der Waals surface area contributed by atoms with Crippen molar-refractivity contribution in [1.82, 2.24) is 10.3 Å². The van der Waals surface area contributed by atoms with Crippen molar-refractivity contribution in [3.05, 3.63) is 40.7 Å². The van der Waals surface area contributed by atoms with Gasteiger partial charge in [-0.15, -0.1) is 0 Å². The fourth-order valence-electron chi connectivity index (χ4n) is 1.50. The van der Waals surface area contributed by atoms with Gasteiger partial charge < -0.3 is 9.73 Å². The Balaban J connectivity index is 2.37. The van der Waals surface area contributed by atoms with E-state index in [9.17, 15) is 0 Å². The fourth-order valence-corrected chi connectivity index (χ4v) is 1.69. The van der Waals surface area contributed by atoms with Gasteiger partial charge in [0.15, 0.2) is 0 Å². The first-order valence-electron chi connectivity index (χ1n) is 5.07. The predicted octanol–water partition coefficient (Wildman–Crippen LogP) is 3.02. The summed E-state index contributed by atoms with van der Waals surface area (Å²) in [4.78, 5) is 4.42. The average Bonchev–Trinajstić information content (AvgIpc) is 2.61. The zero-order valence-corrected chi connectivity index (χ0v) is 10.0. The van der Waals surface area contributed by atoms with Crippen molar-refractivity contribution >= 4 is 11.6 Å². The van der Waals surface area contributed by atoms with Gasteiger partial charge in [-0.2, -0.15) is 0 Å². The first kappa shape index (κ1) is 11.2. The maximum absolute atomic E-state index is 5.92. The molecule has 0 saturated heterocycles. The van der Waals surface area contributed by atoms with E-state index in [0.29, 0.717) is 17.5 Å². The summed E-state index contributed by atoms with van der Waals surface area (Å²) in [6, 6.07) is 7.49. The molecule has 0 spiro atoms. The van der Waals surface area contributed by atoms with E-state index in [0.717, 1.165) is 17.0 Å². The number of rotatable bonds is 3. The molecule has 0 aliphatic carbocycles. The Morgan fingerprint density at radius 2 is 2.25 bits per heavy atom. The molecule has 0 aliphatic rings. The van der Waals surface area contributed by atoms with Gasteiger partial charge in [0.05, 0.1) is 5.69 Å². The largest absolute Gasteiger partial charge is 0.441 e. The molecule has 0 fully saturated rings. The van der Waals surface area contributed by atoms with Gasteiger partial charge in [-0.05, 0) is 32.2 Å². The minimum Gasteiger partial charge on any atom is -0.441 e. The lowest BCUT2D eigenvalue weighted by Crippen LogP contribution is -2.06. The van der Waals surface area contributed by atoms with E-state index in [4.69, 9.17) is 16.0 Å². The maximum atomic E-state index is 5.92. The van der Waals surface area contributed by atoms with Crippen LogP contribution >= 0.6 is 11.6 Å². The van der Waals surface area contributed by atoms with Gasteiger partial charge in [-0.25, -0.2) is 4.98 Å². The van der Waals surface area contributed by atoms with Gasteiger partial charge >= 0.3 is 0 Å².